The van der Waals surface area contributed by atoms with E-state index in [0.717, 1.165) is 47.1 Å². The van der Waals surface area contributed by atoms with E-state index >= 15 is 0 Å². The van der Waals surface area contributed by atoms with Crippen molar-refractivity contribution in [2.45, 2.75) is 19.8 Å². The van der Waals surface area contributed by atoms with Crippen LogP contribution in [-0.2, 0) is 12.8 Å². The fourth-order valence-corrected chi connectivity index (χ4v) is 3.11. The van der Waals surface area contributed by atoms with Crippen LogP contribution in [-0.4, -0.2) is 24.6 Å². The van der Waals surface area contributed by atoms with E-state index in [9.17, 15) is 0 Å². The molecule has 0 aromatic carbocycles. The van der Waals surface area contributed by atoms with Crippen LogP contribution in [0, 0.1) is 6.92 Å². The van der Waals surface area contributed by atoms with E-state index in [1.54, 1.807) is 11.3 Å². The molecule has 0 saturated carbocycles. The molecule has 0 aliphatic heterocycles. The van der Waals surface area contributed by atoms with Crippen LogP contribution in [0.3, 0.4) is 0 Å². The second-order valence-corrected chi connectivity index (χ2v) is 5.99. The summed E-state index contributed by atoms with van der Waals surface area (Å²) in [5.41, 5.74) is 4.14. The Kier molecular flexibility index (Phi) is 3.23. The standard InChI is InChI=1S/C16H15N5S/c1-11-3-2-4-16-19-15(20-21(11)16)6-5-14-17-9-13(18-14)12-7-8-22-10-12/h2-4,7-10H,5-6H2,1H3,(H,17,18). The first-order chi connectivity index (χ1) is 10.8. The Balaban J connectivity index is 1.51. The first-order valence-electron chi connectivity index (χ1n) is 7.18. The Morgan fingerprint density at radius 2 is 2.14 bits per heavy atom. The van der Waals surface area contributed by atoms with Gasteiger partial charge in [0.25, 0.3) is 0 Å². The van der Waals surface area contributed by atoms with Gasteiger partial charge in [-0.2, -0.15) is 16.4 Å². The summed E-state index contributed by atoms with van der Waals surface area (Å²) >= 11 is 1.68. The van der Waals surface area contributed by atoms with Crippen LogP contribution in [0.2, 0.25) is 0 Å². The zero-order chi connectivity index (χ0) is 14.9. The molecule has 4 aromatic rings. The lowest BCUT2D eigenvalue weighted by Crippen LogP contribution is -1.97. The van der Waals surface area contributed by atoms with Crippen molar-refractivity contribution < 1.29 is 0 Å². The van der Waals surface area contributed by atoms with E-state index in [1.807, 2.05) is 35.8 Å². The summed E-state index contributed by atoms with van der Waals surface area (Å²) < 4.78 is 1.88. The molecule has 0 aliphatic rings. The van der Waals surface area contributed by atoms with Crippen LogP contribution in [0.15, 0.2) is 41.2 Å². The molecule has 0 spiro atoms. The zero-order valence-corrected chi connectivity index (χ0v) is 13.0. The van der Waals surface area contributed by atoms with E-state index in [2.05, 4.69) is 36.9 Å². The van der Waals surface area contributed by atoms with Crippen molar-refractivity contribution in [3.63, 3.8) is 0 Å². The summed E-state index contributed by atoms with van der Waals surface area (Å²) in [6, 6.07) is 8.09. The Labute approximate surface area is 131 Å². The van der Waals surface area contributed by atoms with Crippen molar-refractivity contribution in [3.05, 3.63) is 58.6 Å². The molecular weight excluding hydrogens is 294 g/mol. The minimum atomic E-state index is 0.776. The van der Waals surface area contributed by atoms with Crippen molar-refractivity contribution in [3.8, 4) is 11.3 Å². The first-order valence-corrected chi connectivity index (χ1v) is 8.12. The van der Waals surface area contributed by atoms with E-state index in [1.165, 1.54) is 0 Å². The molecule has 4 heterocycles. The Hall–Kier alpha value is -2.47. The fraction of sp³-hybridized carbons (Fsp3) is 0.188. The van der Waals surface area contributed by atoms with Gasteiger partial charge in [0, 0.05) is 35.7 Å². The highest BCUT2D eigenvalue weighted by Crippen LogP contribution is 2.20. The Morgan fingerprint density at radius 3 is 2.95 bits per heavy atom. The van der Waals surface area contributed by atoms with Gasteiger partial charge < -0.3 is 4.98 Å². The van der Waals surface area contributed by atoms with Gasteiger partial charge in [0.05, 0.1) is 5.69 Å². The van der Waals surface area contributed by atoms with Gasteiger partial charge in [-0.3, -0.25) is 0 Å². The quantitative estimate of drug-likeness (QED) is 0.629. The number of nitrogens with one attached hydrogen (secondary N) is 1. The molecule has 0 radical (unpaired) electrons. The second-order valence-electron chi connectivity index (χ2n) is 5.21. The fourth-order valence-electron chi connectivity index (χ4n) is 2.46. The largest absolute Gasteiger partial charge is 0.348 e. The average molecular weight is 309 g/mol. The van der Waals surface area contributed by atoms with Gasteiger partial charge in [-0.15, -0.1) is 0 Å². The summed E-state index contributed by atoms with van der Waals surface area (Å²) in [6.45, 7) is 2.03. The summed E-state index contributed by atoms with van der Waals surface area (Å²) in [4.78, 5) is 12.4. The van der Waals surface area contributed by atoms with Gasteiger partial charge >= 0.3 is 0 Å². The number of fused-ring (bicyclic) bond motifs is 1. The third-order valence-electron chi connectivity index (χ3n) is 3.63. The number of thiophene rings is 1. The van der Waals surface area contributed by atoms with Crippen molar-refractivity contribution in [1.82, 2.24) is 24.6 Å². The number of aromatic amines is 1. The van der Waals surface area contributed by atoms with Crippen LogP contribution in [0.25, 0.3) is 16.9 Å². The van der Waals surface area contributed by atoms with E-state index in [-0.39, 0.29) is 0 Å². The zero-order valence-electron chi connectivity index (χ0n) is 12.2. The number of aromatic nitrogens is 5. The average Bonchev–Trinajstić information content (AvgIpc) is 3.25. The van der Waals surface area contributed by atoms with E-state index in [0.29, 0.717) is 0 Å². The van der Waals surface area contributed by atoms with Crippen LogP contribution >= 0.6 is 11.3 Å². The van der Waals surface area contributed by atoms with Crippen LogP contribution in [0.4, 0.5) is 0 Å². The Bertz CT molecular complexity index is 904. The maximum atomic E-state index is 4.63. The maximum absolute atomic E-state index is 4.63. The molecule has 0 saturated heterocycles. The molecule has 0 unspecified atom stereocenters. The monoisotopic (exact) mass is 309 g/mol. The van der Waals surface area contributed by atoms with Crippen molar-refractivity contribution in [1.29, 1.82) is 0 Å². The number of hydrogen-bond donors (Lipinski definition) is 1. The molecule has 4 aromatic heterocycles. The van der Waals surface area contributed by atoms with Gasteiger partial charge in [-0.05, 0) is 30.5 Å². The molecule has 22 heavy (non-hydrogen) atoms. The lowest BCUT2D eigenvalue weighted by Gasteiger charge is -1.94. The second kappa shape index (κ2) is 5.38. The van der Waals surface area contributed by atoms with Crippen molar-refractivity contribution in [2.75, 3.05) is 0 Å². The molecular formula is C16H15N5S. The lowest BCUT2D eigenvalue weighted by molar-refractivity contribution is 0.799. The third kappa shape index (κ3) is 2.42. The highest BCUT2D eigenvalue weighted by Gasteiger charge is 2.08. The topological polar surface area (TPSA) is 58.9 Å². The number of aryl methyl sites for hydroxylation is 3. The highest BCUT2D eigenvalue weighted by atomic mass is 32.1. The normalized spacial score (nSPS) is 11.3. The minimum Gasteiger partial charge on any atom is -0.348 e. The number of hydrogen-bond acceptors (Lipinski definition) is 4. The van der Waals surface area contributed by atoms with Crippen LogP contribution < -0.4 is 0 Å². The molecule has 4 rings (SSSR count). The maximum Gasteiger partial charge on any atom is 0.155 e. The minimum absolute atomic E-state index is 0.776. The number of H-pyrrole nitrogens is 1. The van der Waals surface area contributed by atoms with Gasteiger partial charge in [-0.1, -0.05) is 6.07 Å². The van der Waals surface area contributed by atoms with Crippen LogP contribution in [0.1, 0.15) is 17.3 Å². The number of rotatable bonds is 4. The molecule has 110 valence electrons. The number of nitrogens with zero attached hydrogens (tertiary/aromatic N) is 4. The number of pyridine rings is 1. The van der Waals surface area contributed by atoms with E-state index < -0.39 is 0 Å². The molecule has 6 heteroatoms. The summed E-state index contributed by atoms with van der Waals surface area (Å²) in [5.74, 6) is 1.82. The molecule has 5 nitrogen and oxygen atoms in total. The predicted molar refractivity (Wildman–Crippen MR) is 87.0 cm³/mol. The first kappa shape index (κ1) is 13.2. The van der Waals surface area contributed by atoms with Gasteiger partial charge in [0.2, 0.25) is 0 Å². The predicted octanol–water partition coefficient (Wildman–Crippen LogP) is 3.27. The van der Waals surface area contributed by atoms with E-state index in [4.69, 9.17) is 0 Å². The molecule has 0 bridgehead atoms. The van der Waals surface area contributed by atoms with Crippen LogP contribution in [0.5, 0.6) is 0 Å². The smallest absolute Gasteiger partial charge is 0.155 e. The lowest BCUT2D eigenvalue weighted by atomic mass is 10.2. The van der Waals surface area contributed by atoms with Crippen molar-refractivity contribution >= 4 is 17.0 Å². The Morgan fingerprint density at radius 1 is 1.18 bits per heavy atom. The molecule has 0 aliphatic carbocycles. The summed E-state index contributed by atoms with van der Waals surface area (Å²) in [5, 5.41) is 8.72. The summed E-state index contributed by atoms with van der Waals surface area (Å²) in [6.07, 6.45) is 3.54. The summed E-state index contributed by atoms with van der Waals surface area (Å²) in [7, 11) is 0. The van der Waals surface area contributed by atoms with Gasteiger partial charge in [-0.25, -0.2) is 14.5 Å². The molecule has 0 atom stereocenters. The third-order valence-corrected chi connectivity index (χ3v) is 4.31. The van der Waals surface area contributed by atoms with Gasteiger partial charge in [0.15, 0.2) is 11.5 Å². The molecule has 1 N–H and O–H groups in total. The van der Waals surface area contributed by atoms with Crippen molar-refractivity contribution in [2.24, 2.45) is 0 Å². The molecule has 0 fully saturated rings. The molecule has 0 amide bonds. The highest BCUT2D eigenvalue weighted by molar-refractivity contribution is 7.08. The number of imidazole rings is 1. The van der Waals surface area contributed by atoms with Gasteiger partial charge in [0.1, 0.15) is 5.82 Å². The SMILES string of the molecule is Cc1cccc2nc(CCc3nc(-c4ccsc4)c[nH]3)nn12.